The normalized spacial score (nSPS) is 11.4. The van der Waals surface area contributed by atoms with Gasteiger partial charge in [0.15, 0.2) is 0 Å². The number of hydrogen-bond acceptors (Lipinski definition) is 1. The van der Waals surface area contributed by atoms with Crippen LogP contribution in [0.1, 0.15) is 19.4 Å². The molecule has 3 N–H and O–H groups in total. The van der Waals surface area contributed by atoms with Crippen molar-refractivity contribution in [3.05, 3.63) is 36.0 Å². The third-order valence-electron chi connectivity index (χ3n) is 2.32. The van der Waals surface area contributed by atoms with E-state index in [2.05, 4.69) is 43.2 Å². The van der Waals surface area contributed by atoms with Crippen molar-refractivity contribution in [1.29, 1.82) is 0 Å². The van der Waals surface area contributed by atoms with Crippen molar-refractivity contribution in [3.63, 3.8) is 0 Å². The number of nitrogens with one attached hydrogen (secondary N) is 1. The minimum Gasteiger partial charge on any atom is -0.361 e. The molecule has 0 spiro atoms. The summed E-state index contributed by atoms with van der Waals surface area (Å²) in [5.74, 6) is 0. The zero-order valence-corrected chi connectivity index (χ0v) is 9.90. The molecule has 1 aromatic heterocycles. The minimum absolute atomic E-state index is 0. The summed E-state index contributed by atoms with van der Waals surface area (Å²) < 4.78 is 0. The zero-order valence-electron chi connectivity index (χ0n) is 9.08. The van der Waals surface area contributed by atoms with Crippen molar-refractivity contribution in [1.82, 2.24) is 4.98 Å². The van der Waals surface area contributed by atoms with E-state index in [0.717, 1.165) is 6.42 Å². The van der Waals surface area contributed by atoms with Crippen molar-refractivity contribution >= 4 is 23.3 Å². The summed E-state index contributed by atoms with van der Waals surface area (Å²) in [6, 6.07) is 8.31. The van der Waals surface area contributed by atoms with E-state index in [0.29, 0.717) is 0 Å². The number of aromatic amines is 1. The molecule has 3 heteroatoms. The fourth-order valence-electron chi connectivity index (χ4n) is 1.77. The van der Waals surface area contributed by atoms with Gasteiger partial charge in [-0.2, -0.15) is 0 Å². The fraction of sp³-hybridized carbons (Fsp3) is 0.333. The molecule has 0 unspecified atom stereocenters. The number of para-hydroxylation sites is 1. The van der Waals surface area contributed by atoms with Crippen LogP contribution in [0.4, 0.5) is 0 Å². The number of benzene rings is 1. The van der Waals surface area contributed by atoms with Gasteiger partial charge in [0.05, 0.1) is 0 Å². The van der Waals surface area contributed by atoms with Crippen molar-refractivity contribution < 1.29 is 0 Å². The molecule has 0 amide bonds. The molecule has 0 saturated heterocycles. The molecule has 2 aromatic rings. The molecule has 82 valence electrons. The molecule has 0 atom stereocenters. The van der Waals surface area contributed by atoms with Gasteiger partial charge in [0.1, 0.15) is 0 Å². The summed E-state index contributed by atoms with van der Waals surface area (Å²) in [6.07, 6.45) is 2.95. The molecule has 0 aliphatic carbocycles. The molecule has 1 aromatic carbocycles. The van der Waals surface area contributed by atoms with Gasteiger partial charge in [-0.3, -0.25) is 0 Å². The highest BCUT2D eigenvalue weighted by atomic mass is 35.5. The smallest absolute Gasteiger partial charge is 0.0456 e. The summed E-state index contributed by atoms with van der Waals surface area (Å²) >= 11 is 0. The molecule has 2 nitrogen and oxygen atoms in total. The van der Waals surface area contributed by atoms with Gasteiger partial charge in [-0.05, 0) is 31.9 Å². The van der Waals surface area contributed by atoms with Gasteiger partial charge in [-0.25, -0.2) is 0 Å². The predicted molar refractivity (Wildman–Crippen MR) is 67.5 cm³/mol. The SMILES string of the molecule is CC(C)(N)Cc1c[nH]c2ccccc12.Cl. The van der Waals surface area contributed by atoms with E-state index in [1.54, 1.807) is 0 Å². The van der Waals surface area contributed by atoms with Crippen LogP contribution in [0, 0.1) is 0 Å². The molecular formula is C12H17ClN2. The first-order chi connectivity index (χ1) is 6.56. The highest BCUT2D eigenvalue weighted by Gasteiger charge is 2.14. The number of hydrogen-bond donors (Lipinski definition) is 2. The Labute approximate surface area is 96.3 Å². The highest BCUT2D eigenvalue weighted by molar-refractivity contribution is 5.85. The summed E-state index contributed by atoms with van der Waals surface area (Å²) in [7, 11) is 0. The highest BCUT2D eigenvalue weighted by Crippen LogP contribution is 2.20. The number of aromatic nitrogens is 1. The molecule has 0 bridgehead atoms. The van der Waals surface area contributed by atoms with Crippen LogP contribution in [0.2, 0.25) is 0 Å². The van der Waals surface area contributed by atoms with E-state index in [9.17, 15) is 0 Å². The monoisotopic (exact) mass is 224 g/mol. The van der Waals surface area contributed by atoms with E-state index in [1.165, 1.54) is 16.5 Å². The molecule has 0 fully saturated rings. The molecule has 0 aliphatic rings. The first kappa shape index (κ1) is 12.1. The summed E-state index contributed by atoms with van der Waals surface area (Å²) in [5.41, 5.74) is 8.34. The first-order valence-corrected chi connectivity index (χ1v) is 4.90. The van der Waals surface area contributed by atoms with Crippen molar-refractivity contribution in [2.24, 2.45) is 5.73 Å². The Hall–Kier alpha value is -0.990. The topological polar surface area (TPSA) is 41.8 Å². The van der Waals surface area contributed by atoms with Crippen molar-refractivity contribution in [2.45, 2.75) is 25.8 Å². The summed E-state index contributed by atoms with van der Waals surface area (Å²) in [4.78, 5) is 3.26. The Morgan fingerprint density at radius 3 is 2.60 bits per heavy atom. The van der Waals surface area contributed by atoms with Gasteiger partial charge >= 0.3 is 0 Å². The molecule has 0 aliphatic heterocycles. The second kappa shape index (κ2) is 4.25. The van der Waals surface area contributed by atoms with E-state index in [1.807, 2.05) is 6.07 Å². The quantitative estimate of drug-likeness (QED) is 0.810. The minimum atomic E-state index is -0.148. The fourth-order valence-corrected chi connectivity index (χ4v) is 1.77. The third-order valence-corrected chi connectivity index (χ3v) is 2.32. The van der Waals surface area contributed by atoms with Crippen LogP contribution >= 0.6 is 12.4 Å². The lowest BCUT2D eigenvalue weighted by atomic mass is 9.96. The molecule has 0 saturated carbocycles. The second-order valence-electron chi connectivity index (χ2n) is 4.52. The maximum atomic E-state index is 6.00. The van der Waals surface area contributed by atoms with Gasteiger partial charge in [0.25, 0.3) is 0 Å². The van der Waals surface area contributed by atoms with Crippen LogP contribution in [0.25, 0.3) is 10.9 Å². The Morgan fingerprint density at radius 1 is 1.27 bits per heavy atom. The lowest BCUT2D eigenvalue weighted by Crippen LogP contribution is -2.34. The number of halogens is 1. The molecule has 2 rings (SSSR count). The molecule has 1 heterocycles. The molecule has 0 radical (unpaired) electrons. The summed E-state index contributed by atoms with van der Waals surface area (Å²) in [6.45, 7) is 4.10. The Morgan fingerprint density at radius 2 is 1.93 bits per heavy atom. The average Bonchev–Trinajstić information content (AvgIpc) is 2.47. The Balaban J connectivity index is 0.00000112. The maximum Gasteiger partial charge on any atom is 0.0456 e. The third kappa shape index (κ3) is 2.74. The van der Waals surface area contributed by atoms with Crippen LogP contribution < -0.4 is 5.73 Å². The average molecular weight is 225 g/mol. The predicted octanol–water partition coefficient (Wildman–Crippen LogP) is 2.87. The van der Waals surface area contributed by atoms with E-state index in [-0.39, 0.29) is 17.9 Å². The van der Waals surface area contributed by atoms with Crippen molar-refractivity contribution in [2.75, 3.05) is 0 Å². The Kier molecular flexibility index (Phi) is 3.42. The Bertz CT molecular complexity index is 440. The summed E-state index contributed by atoms with van der Waals surface area (Å²) in [5, 5.41) is 1.28. The lowest BCUT2D eigenvalue weighted by Gasteiger charge is -2.17. The second-order valence-corrected chi connectivity index (χ2v) is 4.52. The van der Waals surface area contributed by atoms with Gasteiger partial charge in [-0.1, -0.05) is 18.2 Å². The van der Waals surface area contributed by atoms with Gasteiger partial charge in [-0.15, -0.1) is 12.4 Å². The number of rotatable bonds is 2. The standard InChI is InChI=1S/C12H16N2.ClH/c1-12(2,13)7-9-8-14-11-6-4-3-5-10(9)11;/h3-6,8,14H,7,13H2,1-2H3;1H. The van der Waals surface area contributed by atoms with E-state index < -0.39 is 0 Å². The largest absolute Gasteiger partial charge is 0.361 e. The lowest BCUT2D eigenvalue weighted by molar-refractivity contribution is 0.518. The molecular weight excluding hydrogens is 208 g/mol. The first-order valence-electron chi connectivity index (χ1n) is 4.90. The zero-order chi connectivity index (χ0) is 10.2. The van der Waals surface area contributed by atoms with Crippen LogP contribution in [0.5, 0.6) is 0 Å². The number of nitrogens with two attached hydrogens (primary N) is 1. The van der Waals surface area contributed by atoms with Crippen molar-refractivity contribution in [3.8, 4) is 0 Å². The van der Waals surface area contributed by atoms with Crippen LogP contribution in [-0.4, -0.2) is 10.5 Å². The van der Waals surface area contributed by atoms with Gasteiger partial charge < -0.3 is 10.7 Å². The van der Waals surface area contributed by atoms with Crippen LogP contribution in [0.3, 0.4) is 0 Å². The maximum absolute atomic E-state index is 6.00. The number of fused-ring (bicyclic) bond motifs is 1. The van der Waals surface area contributed by atoms with Crippen LogP contribution in [0.15, 0.2) is 30.5 Å². The van der Waals surface area contributed by atoms with E-state index in [4.69, 9.17) is 5.73 Å². The van der Waals surface area contributed by atoms with Gasteiger partial charge in [0, 0.05) is 22.6 Å². The van der Waals surface area contributed by atoms with E-state index >= 15 is 0 Å². The van der Waals surface area contributed by atoms with Gasteiger partial charge in [0.2, 0.25) is 0 Å². The molecule has 15 heavy (non-hydrogen) atoms. The number of H-pyrrole nitrogens is 1. The van der Waals surface area contributed by atoms with Crippen LogP contribution in [-0.2, 0) is 6.42 Å².